The Morgan fingerprint density at radius 1 is 1.12 bits per heavy atom. The molecule has 0 spiro atoms. The van der Waals surface area contributed by atoms with Crippen LogP contribution in [-0.4, -0.2) is 20.9 Å². The van der Waals surface area contributed by atoms with Crippen molar-refractivity contribution in [3.63, 3.8) is 0 Å². The first-order valence-electron chi connectivity index (χ1n) is 8.98. The quantitative estimate of drug-likeness (QED) is 0.896. The van der Waals surface area contributed by atoms with Crippen molar-refractivity contribution in [2.75, 3.05) is 16.2 Å². The van der Waals surface area contributed by atoms with Crippen LogP contribution in [0.1, 0.15) is 30.4 Å². The van der Waals surface area contributed by atoms with Gasteiger partial charge in [0.1, 0.15) is 0 Å². The van der Waals surface area contributed by atoms with Crippen molar-refractivity contribution in [3.8, 4) is 0 Å². The van der Waals surface area contributed by atoms with E-state index in [1.807, 2.05) is 31.2 Å². The number of nitrogens with zero attached hydrogens (tertiary/aromatic N) is 1. The number of hydrogen-bond acceptors (Lipinski definition) is 3. The Bertz CT molecular complexity index is 948. The second-order valence-corrected chi connectivity index (χ2v) is 8.96. The molecule has 4 rings (SSSR count). The molecular formula is C20H22N2O3S. The van der Waals surface area contributed by atoms with Gasteiger partial charge >= 0.3 is 0 Å². The summed E-state index contributed by atoms with van der Waals surface area (Å²) in [6.07, 6.45) is 3.49. The standard InChI is InChI=1S/C20H22N2O3S/c1-14-4-9-18(10-5-14)26(24,25)22-12-2-3-16-13-17(8-11-19(16)22)21-20(23)15-6-7-15/h4-5,8-11,13,15H,2-3,6-7,12H2,1H3,(H,21,23). The predicted molar refractivity (Wildman–Crippen MR) is 102 cm³/mol. The predicted octanol–water partition coefficient (Wildman–Crippen LogP) is 3.49. The number of carbonyl (C=O) groups is 1. The monoisotopic (exact) mass is 370 g/mol. The molecule has 0 unspecified atom stereocenters. The first-order valence-corrected chi connectivity index (χ1v) is 10.4. The van der Waals surface area contributed by atoms with E-state index in [2.05, 4.69) is 5.32 Å². The topological polar surface area (TPSA) is 66.5 Å². The Morgan fingerprint density at radius 2 is 1.85 bits per heavy atom. The molecule has 0 saturated heterocycles. The zero-order chi connectivity index (χ0) is 18.3. The molecule has 1 N–H and O–H groups in total. The highest BCUT2D eigenvalue weighted by molar-refractivity contribution is 7.92. The maximum absolute atomic E-state index is 13.1. The van der Waals surface area contributed by atoms with Crippen LogP contribution in [0.2, 0.25) is 0 Å². The van der Waals surface area contributed by atoms with E-state index in [-0.39, 0.29) is 11.8 Å². The van der Waals surface area contributed by atoms with Gasteiger partial charge < -0.3 is 5.32 Å². The van der Waals surface area contributed by atoms with E-state index >= 15 is 0 Å². The van der Waals surface area contributed by atoms with Crippen molar-refractivity contribution in [2.24, 2.45) is 5.92 Å². The highest BCUT2D eigenvalue weighted by Crippen LogP contribution is 2.35. The normalized spacial score (nSPS) is 16.9. The summed E-state index contributed by atoms with van der Waals surface area (Å²) in [4.78, 5) is 12.3. The summed E-state index contributed by atoms with van der Waals surface area (Å²) in [5.41, 5.74) is 3.44. The van der Waals surface area contributed by atoms with Gasteiger partial charge in [0.05, 0.1) is 10.6 Å². The fourth-order valence-corrected chi connectivity index (χ4v) is 4.86. The van der Waals surface area contributed by atoms with Crippen molar-refractivity contribution in [1.82, 2.24) is 0 Å². The molecule has 26 heavy (non-hydrogen) atoms. The fraction of sp³-hybridized carbons (Fsp3) is 0.350. The maximum atomic E-state index is 13.1. The minimum Gasteiger partial charge on any atom is -0.326 e. The number of carbonyl (C=O) groups excluding carboxylic acids is 1. The van der Waals surface area contributed by atoms with Gasteiger partial charge in [-0.25, -0.2) is 8.42 Å². The zero-order valence-corrected chi connectivity index (χ0v) is 15.6. The first kappa shape index (κ1) is 17.1. The molecule has 0 radical (unpaired) electrons. The Balaban J connectivity index is 1.64. The van der Waals surface area contributed by atoms with Crippen LogP contribution in [0.4, 0.5) is 11.4 Å². The highest BCUT2D eigenvalue weighted by atomic mass is 32.2. The van der Waals surface area contributed by atoms with Crippen molar-refractivity contribution in [2.45, 2.75) is 37.5 Å². The van der Waals surface area contributed by atoms with Crippen LogP contribution in [0, 0.1) is 12.8 Å². The van der Waals surface area contributed by atoms with E-state index in [1.165, 1.54) is 4.31 Å². The van der Waals surface area contributed by atoms with Gasteiger partial charge in [-0.05, 0) is 68.5 Å². The average molecular weight is 370 g/mol. The molecule has 0 bridgehead atoms. The lowest BCUT2D eigenvalue weighted by Crippen LogP contribution is -2.35. The zero-order valence-electron chi connectivity index (χ0n) is 14.7. The van der Waals surface area contributed by atoms with Crippen LogP contribution in [0.3, 0.4) is 0 Å². The number of nitrogens with one attached hydrogen (secondary N) is 1. The molecule has 6 heteroatoms. The molecule has 1 aliphatic carbocycles. The lowest BCUT2D eigenvalue weighted by molar-refractivity contribution is -0.117. The van der Waals surface area contributed by atoms with Crippen LogP contribution in [0.15, 0.2) is 47.4 Å². The molecule has 2 aliphatic rings. The minimum absolute atomic E-state index is 0.0601. The second kappa shape index (κ2) is 6.43. The number of hydrogen-bond donors (Lipinski definition) is 1. The van der Waals surface area contributed by atoms with E-state index in [1.54, 1.807) is 18.2 Å². The Hall–Kier alpha value is -2.34. The third-order valence-electron chi connectivity index (χ3n) is 4.98. The van der Waals surface area contributed by atoms with Gasteiger partial charge in [0.25, 0.3) is 10.0 Å². The highest BCUT2D eigenvalue weighted by Gasteiger charge is 2.31. The molecule has 1 saturated carbocycles. The van der Waals surface area contributed by atoms with Gasteiger partial charge in [-0.15, -0.1) is 0 Å². The molecule has 1 amide bonds. The summed E-state index contributed by atoms with van der Waals surface area (Å²) in [5, 5.41) is 2.94. The third kappa shape index (κ3) is 3.21. The van der Waals surface area contributed by atoms with Crippen molar-refractivity contribution >= 4 is 27.3 Å². The summed E-state index contributed by atoms with van der Waals surface area (Å²) >= 11 is 0. The first-order chi connectivity index (χ1) is 12.4. The SMILES string of the molecule is Cc1ccc(S(=O)(=O)N2CCCc3cc(NC(=O)C4CC4)ccc32)cc1. The van der Waals surface area contributed by atoms with E-state index in [9.17, 15) is 13.2 Å². The van der Waals surface area contributed by atoms with Crippen molar-refractivity contribution in [3.05, 3.63) is 53.6 Å². The molecular weight excluding hydrogens is 348 g/mol. The molecule has 136 valence electrons. The summed E-state index contributed by atoms with van der Waals surface area (Å²) < 4.78 is 27.6. The molecule has 1 fully saturated rings. The largest absolute Gasteiger partial charge is 0.326 e. The number of aryl methyl sites for hydroxylation is 2. The molecule has 5 nitrogen and oxygen atoms in total. The van der Waals surface area contributed by atoms with E-state index in [0.29, 0.717) is 17.1 Å². The van der Waals surface area contributed by atoms with Crippen LogP contribution in [-0.2, 0) is 21.2 Å². The molecule has 1 aliphatic heterocycles. The van der Waals surface area contributed by atoms with E-state index in [0.717, 1.165) is 42.5 Å². The Labute approximate surface area is 154 Å². The Kier molecular flexibility index (Phi) is 4.23. The van der Waals surface area contributed by atoms with Crippen LogP contribution < -0.4 is 9.62 Å². The third-order valence-corrected chi connectivity index (χ3v) is 6.81. The Morgan fingerprint density at radius 3 is 2.54 bits per heavy atom. The molecule has 0 atom stereocenters. The van der Waals surface area contributed by atoms with Crippen LogP contribution in [0.25, 0.3) is 0 Å². The summed E-state index contributed by atoms with van der Waals surface area (Å²) in [6, 6.07) is 12.5. The van der Waals surface area contributed by atoms with Gasteiger partial charge in [-0.2, -0.15) is 0 Å². The van der Waals surface area contributed by atoms with Crippen LogP contribution >= 0.6 is 0 Å². The van der Waals surface area contributed by atoms with Gasteiger partial charge in [-0.3, -0.25) is 9.10 Å². The molecule has 0 aromatic heterocycles. The summed E-state index contributed by atoms with van der Waals surface area (Å²) in [6.45, 7) is 2.40. The number of anilines is 2. The molecule has 2 aromatic rings. The molecule has 2 aromatic carbocycles. The summed E-state index contributed by atoms with van der Waals surface area (Å²) in [7, 11) is -3.59. The number of benzene rings is 2. The van der Waals surface area contributed by atoms with Gasteiger partial charge in [0.15, 0.2) is 0 Å². The number of rotatable bonds is 4. The smallest absolute Gasteiger partial charge is 0.264 e. The van der Waals surface area contributed by atoms with E-state index in [4.69, 9.17) is 0 Å². The lowest BCUT2D eigenvalue weighted by Gasteiger charge is -2.31. The van der Waals surface area contributed by atoms with Crippen LogP contribution in [0.5, 0.6) is 0 Å². The maximum Gasteiger partial charge on any atom is 0.264 e. The average Bonchev–Trinajstić information content (AvgIpc) is 3.46. The van der Waals surface area contributed by atoms with E-state index < -0.39 is 10.0 Å². The van der Waals surface area contributed by atoms with Crippen molar-refractivity contribution < 1.29 is 13.2 Å². The fourth-order valence-electron chi connectivity index (χ4n) is 3.32. The number of fused-ring (bicyclic) bond motifs is 1. The molecule has 1 heterocycles. The van der Waals surface area contributed by atoms with Gasteiger partial charge in [0.2, 0.25) is 5.91 Å². The number of sulfonamides is 1. The van der Waals surface area contributed by atoms with Gasteiger partial charge in [-0.1, -0.05) is 17.7 Å². The summed E-state index contributed by atoms with van der Waals surface area (Å²) in [5.74, 6) is 0.203. The minimum atomic E-state index is -3.59. The van der Waals surface area contributed by atoms with Gasteiger partial charge in [0, 0.05) is 18.2 Å². The second-order valence-electron chi connectivity index (χ2n) is 7.10. The lowest BCUT2D eigenvalue weighted by atomic mass is 10.0. The number of amides is 1. The van der Waals surface area contributed by atoms with Crippen molar-refractivity contribution in [1.29, 1.82) is 0 Å².